The molecule has 0 aliphatic heterocycles. The zero-order valence-corrected chi connectivity index (χ0v) is 20.5. The van der Waals surface area contributed by atoms with E-state index < -0.39 is 0 Å². The summed E-state index contributed by atoms with van der Waals surface area (Å²) in [6.45, 7) is 0.237. The summed E-state index contributed by atoms with van der Waals surface area (Å²) in [7, 11) is 0. The minimum Gasteiger partial charge on any atom is -0.488 e. The third kappa shape index (κ3) is 8.20. The van der Waals surface area contributed by atoms with Gasteiger partial charge in [-0.15, -0.1) is 0 Å². The number of hydrazone groups is 1. The molecule has 0 saturated carbocycles. The van der Waals surface area contributed by atoms with Gasteiger partial charge in [-0.2, -0.15) is 5.10 Å². The van der Waals surface area contributed by atoms with Crippen LogP contribution in [0.4, 0.5) is 5.69 Å². The van der Waals surface area contributed by atoms with E-state index in [-0.39, 0.29) is 31.3 Å². The van der Waals surface area contributed by atoms with Gasteiger partial charge in [0.05, 0.1) is 6.21 Å². The van der Waals surface area contributed by atoms with Crippen LogP contribution in [0, 0.1) is 0 Å². The fourth-order valence-corrected chi connectivity index (χ4v) is 3.59. The normalized spacial score (nSPS) is 10.8. The molecule has 0 aliphatic carbocycles. The number of nitrogens with zero attached hydrogens (tertiary/aromatic N) is 1. The maximum atomic E-state index is 12.0. The van der Waals surface area contributed by atoms with Crippen molar-refractivity contribution in [2.45, 2.75) is 19.4 Å². The van der Waals surface area contributed by atoms with Crippen LogP contribution in [0.15, 0.2) is 76.3 Å². The Morgan fingerprint density at radius 3 is 2.48 bits per heavy atom. The lowest BCUT2D eigenvalue weighted by molar-refractivity contribution is -0.124. The van der Waals surface area contributed by atoms with E-state index in [9.17, 15) is 9.59 Å². The molecule has 9 heteroatoms. The molecular weight excluding hydrogens is 529 g/mol. The first-order valence-corrected chi connectivity index (χ1v) is 11.5. The van der Waals surface area contributed by atoms with Gasteiger partial charge in [0, 0.05) is 44.2 Å². The largest absolute Gasteiger partial charge is 0.488 e. The van der Waals surface area contributed by atoms with E-state index in [2.05, 4.69) is 31.8 Å². The minimum atomic E-state index is -0.375. The van der Waals surface area contributed by atoms with Crippen LogP contribution in [0.5, 0.6) is 5.75 Å². The average Bonchev–Trinajstić information content (AvgIpc) is 2.79. The molecular formula is C24H20BrCl2N3O3. The molecule has 3 aromatic rings. The van der Waals surface area contributed by atoms with Crippen LogP contribution in [-0.4, -0.2) is 18.0 Å². The van der Waals surface area contributed by atoms with Gasteiger partial charge in [-0.1, -0.05) is 63.4 Å². The summed E-state index contributed by atoms with van der Waals surface area (Å²) in [5, 5.41) is 7.78. The van der Waals surface area contributed by atoms with E-state index in [1.54, 1.807) is 36.4 Å². The zero-order chi connectivity index (χ0) is 23.6. The molecule has 0 radical (unpaired) electrons. The summed E-state index contributed by atoms with van der Waals surface area (Å²) < 4.78 is 6.71. The van der Waals surface area contributed by atoms with E-state index >= 15 is 0 Å². The number of hydrogen-bond acceptors (Lipinski definition) is 4. The Kier molecular flexibility index (Phi) is 9.30. The predicted molar refractivity (Wildman–Crippen MR) is 135 cm³/mol. The second-order valence-corrected chi connectivity index (χ2v) is 8.67. The number of para-hydroxylation sites is 1. The van der Waals surface area contributed by atoms with Crippen LogP contribution in [0.2, 0.25) is 10.0 Å². The van der Waals surface area contributed by atoms with Gasteiger partial charge < -0.3 is 10.1 Å². The van der Waals surface area contributed by atoms with Gasteiger partial charge in [-0.05, 0) is 42.5 Å². The molecule has 0 aliphatic rings. The lowest BCUT2D eigenvalue weighted by Gasteiger charge is -2.11. The van der Waals surface area contributed by atoms with E-state index in [0.29, 0.717) is 27.0 Å². The number of rotatable bonds is 9. The Morgan fingerprint density at radius 2 is 1.73 bits per heavy atom. The molecule has 0 saturated heterocycles. The zero-order valence-electron chi connectivity index (χ0n) is 17.4. The highest BCUT2D eigenvalue weighted by Crippen LogP contribution is 2.25. The third-order valence-electron chi connectivity index (χ3n) is 4.40. The molecule has 2 amide bonds. The quantitative estimate of drug-likeness (QED) is 0.246. The molecule has 0 aromatic heterocycles. The highest BCUT2D eigenvalue weighted by Gasteiger charge is 2.08. The van der Waals surface area contributed by atoms with E-state index in [1.165, 1.54) is 6.21 Å². The van der Waals surface area contributed by atoms with Crippen molar-refractivity contribution < 1.29 is 14.3 Å². The van der Waals surface area contributed by atoms with Crippen LogP contribution < -0.4 is 15.5 Å². The minimum absolute atomic E-state index is 0.00686. The van der Waals surface area contributed by atoms with Crippen LogP contribution in [-0.2, 0) is 16.2 Å². The first kappa shape index (κ1) is 24.8. The molecule has 0 atom stereocenters. The van der Waals surface area contributed by atoms with Crippen molar-refractivity contribution >= 4 is 62.8 Å². The molecule has 170 valence electrons. The molecule has 0 fully saturated rings. The topological polar surface area (TPSA) is 79.8 Å². The third-order valence-corrected chi connectivity index (χ3v) is 5.48. The second kappa shape index (κ2) is 12.4. The Morgan fingerprint density at radius 1 is 0.970 bits per heavy atom. The number of halogens is 3. The predicted octanol–water partition coefficient (Wildman–Crippen LogP) is 6.20. The lowest BCUT2D eigenvalue weighted by Crippen LogP contribution is -2.20. The molecule has 0 spiro atoms. The van der Waals surface area contributed by atoms with E-state index in [0.717, 1.165) is 10.0 Å². The van der Waals surface area contributed by atoms with Gasteiger partial charge in [0.2, 0.25) is 11.8 Å². The summed E-state index contributed by atoms with van der Waals surface area (Å²) in [5.41, 5.74) is 4.55. The summed E-state index contributed by atoms with van der Waals surface area (Å²) in [6, 6.07) is 19.7. The van der Waals surface area contributed by atoms with E-state index in [1.807, 2.05) is 30.3 Å². The Labute approximate surface area is 210 Å². The Balaban J connectivity index is 1.52. The van der Waals surface area contributed by atoms with Crippen LogP contribution >= 0.6 is 39.1 Å². The molecule has 6 nitrogen and oxygen atoms in total. The first-order valence-electron chi connectivity index (χ1n) is 9.94. The Bertz CT molecular complexity index is 1160. The summed E-state index contributed by atoms with van der Waals surface area (Å²) in [5.74, 6) is -0.0619. The number of ether oxygens (including phenoxy) is 1. The van der Waals surface area contributed by atoms with Crippen molar-refractivity contribution in [3.05, 3.63) is 92.4 Å². The number of carbonyl (C=O) groups excluding carboxylic acids is 2. The fourth-order valence-electron chi connectivity index (χ4n) is 2.75. The van der Waals surface area contributed by atoms with Gasteiger partial charge in [0.15, 0.2) is 0 Å². The average molecular weight is 549 g/mol. The number of hydrogen-bond donors (Lipinski definition) is 2. The van der Waals surface area contributed by atoms with Crippen molar-refractivity contribution in [2.24, 2.45) is 5.10 Å². The summed E-state index contributed by atoms with van der Waals surface area (Å²) >= 11 is 15.5. The molecule has 2 N–H and O–H groups in total. The maximum Gasteiger partial charge on any atom is 0.240 e. The molecule has 3 rings (SSSR count). The van der Waals surface area contributed by atoms with Crippen molar-refractivity contribution in [1.82, 2.24) is 5.43 Å². The number of anilines is 1. The molecule has 0 heterocycles. The molecule has 0 unspecified atom stereocenters. The smallest absolute Gasteiger partial charge is 0.240 e. The van der Waals surface area contributed by atoms with E-state index in [4.69, 9.17) is 27.9 Å². The van der Waals surface area contributed by atoms with Crippen LogP contribution in [0.1, 0.15) is 24.0 Å². The molecule has 33 heavy (non-hydrogen) atoms. The van der Waals surface area contributed by atoms with Crippen molar-refractivity contribution in [1.29, 1.82) is 0 Å². The first-order chi connectivity index (χ1) is 15.9. The standard InChI is InChI=1S/C24H20BrCl2N3O3/c25-18-7-9-22(33-15-16-6-8-19(26)13-21(16)27)17(12-18)14-28-30-24(32)11-10-23(31)29-20-4-2-1-3-5-20/h1-9,12-14H,10-11,15H2,(H,29,31)(H,30,32). The number of nitrogens with one attached hydrogen (secondary N) is 2. The SMILES string of the molecule is O=C(CCC(=O)Nc1ccccc1)NN=Cc1cc(Br)ccc1OCc1ccc(Cl)cc1Cl. The van der Waals surface area contributed by atoms with Gasteiger partial charge in [-0.25, -0.2) is 5.43 Å². The molecule has 3 aromatic carbocycles. The van der Waals surface area contributed by atoms with Crippen LogP contribution in [0.25, 0.3) is 0 Å². The fraction of sp³-hybridized carbons (Fsp3) is 0.125. The van der Waals surface area contributed by atoms with Crippen molar-refractivity contribution in [3.63, 3.8) is 0 Å². The van der Waals surface area contributed by atoms with Crippen molar-refractivity contribution in [2.75, 3.05) is 5.32 Å². The number of benzene rings is 3. The van der Waals surface area contributed by atoms with Gasteiger partial charge in [0.25, 0.3) is 0 Å². The maximum absolute atomic E-state index is 12.0. The lowest BCUT2D eigenvalue weighted by atomic mass is 10.2. The second-order valence-electron chi connectivity index (χ2n) is 6.91. The monoisotopic (exact) mass is 547 g/mol. The number of carbonyl (C=O) groups is 2. The Hall–Kier alpha value is -2.87. The summed E-state index contributed by atoms with van der Waals surface area (Å²) in [6.07, 6.45) is 1.53. The van der Waals surface area contributed by atoms with Gasteiger partial charge in [0.1, 0.15) is 12.4 Å². The van der Waals surface area contributed by atoms with Gasteiger partial charge in [-0.3, -0.25) is 9.59 Å². The highest BCUT2D eigenvalue weighted by molar-refractivity contribution is 9.10. The van der Waals surface area contributed by atoms with Crippen molar-refractivity contribution in [3.8, 4) is 5.75 Å². The highest BCUT2D eigenvalue weighted by atomic mass is 79.9. The van der Waals surface area contributed by atoms with Gasteiger partial charge >= 0.3 is 0 Å². The summed E-state index contributed by atoms with van der Waals surface area (Å²) in [4.78, 5) is 24.0. The number of amides is 2. The molecule has 0 bridgehead atoms. The van der Waals surface area contributed by atoms with Crippen LogP contribution in [0.3, 0.4) is 0 Å².